The summed E-state index contributed by atoms with van der Waals surface area (Å²) in [5.41, 5.74) is 3.72. The standard InChI is InChI=1S/C59H82FN5O10/c1-15-35(6)52(63(11)56(69)50(33(2)3)62-55(68)51(34(4)5)64(12)58(71)74-32-43-41-25-19-17-23-39(41)40-24-18-20-26-42(40)43)48(72-13)31-49(66)65-46-29-38(46)30-47(65)53(73-14)36(7)54(67)61-45(57(70)75-59(8,9)10)28-37-22-16-21-27-44(37)60/h16-27,33-36,38,43,45-48,50-53H,15,28-32H2,1-14H3,(H,61,67)(H,62,68)/t35-,36+,38-,45-,46?,47-,48+,50-,51-,52-,53+/m0/s1. The van der Waals surface area contributed by atoms with Crippen LogP contribution in [0.3, 0.4) is 0 Å². The summed E-state index contributed by atoms with van der Waals surface area (Å²) < 4.78 is 38.6. The third-order valence-corrected chi connectivity index (χ3v) is 15.6. The Hall–Kier alpha value is -5.87. The Morgan fingerprint density at radius 2 is 1.37 bits per heavy atom. The lowest BCUT2D eigenvalue weighted by molar-refractivity contribution is -0.159. The van der Waals surface area contributed by atoms with Gasteiger partial charge in [-0.15, -0.1) is 0 Å². The van der Waals surface area contributed by atoms with E-state index in [9.17, 15) is 33.2 Å². The molecule has 1 saturated carbocycles. The van der Waals surface area contributed by atoms with E-state index in [1.165, 1.54) is 32.2 Å². The van der Waals surface area contributed by atoms with Crippen molar-refractivity contribution >= 4 is 35.7 Å². The number of carbonyl (C=O) groups is 6. The van der Waals surface area contributed by atoms with E-state index in [1.807, 2.05) is 82.8 Å². The predicted molar refractivity (Wildman–Crippen MR) is 285 cm³/mol. The molecule has 75 heavy (non-hydrogen) atoms. The third kappa shape index (κ3) is 13.4. The molecular weight excluding hydrogens is 958 g/mol. The lowest BCUT2D eigenvalue weighted by Crippen LogP contribution is -2.60. The zero-order valence-corrected chi connectivity index (χ0v) is 46.6. The van der Waals surface area contributed by atoms with E-state index in [1.54, 1.807) is 57.8 Å². The second kappa shape index (κ2) is 24.9. The molecular formula is C59H82FN5O10. The van der Waals surface area contributed by atoms with Gasteiger partial charge in [-0.25, -0.2) is 14.0 Å². The molecule has 0 spiro atoms. The van der Waals surface area contributed by atoms with Crippen LogP contribution in [-0.4, -0.2) is 139 Å². The zero-order valence-electron chi connectivity index (χ0n) is 46.6. The minimum atomic E-state index is -1.20. The monoisotopic (exact) mass is 1040 g/mol. The van der Waals surface area contributed by atoms with Crippen LogP contribution >= 0.6 is 0 Å². The number of hydrogen-bond donors (Lipinski definition) is 2. The van der Waals surface area contributed by atoms with E-state index >= 15 is 0 Å². The number of fused-ring (bicyclic) bond motifs is 4. The summed E-state index contributed by atoms with van der Waals surface area (Å²) in [6.45, 7) is 18.3. The molecule has 0 aromatic heterocycles. The van der Waals surface area contributed by atoms with Gasteiger partial charge in [0.2, 0.25) is 23.6 Å². The smallest absolute Gasteiger partial charge is 0.410 e. The Kier molecular flexibility index (Phi) is 19.4. The van der Waals surface area contributed by atoms with Crippen LogP contribution in [0.5, 0.6) is 0 Å². The Labute approximate surface area is 443 Å². The van der Waals surface area contributed by atoms with Gasteiger partial charge in [0.25, 0.3) is 0 Å². The third-order valence-electron chi connectivity index (χ3n) is 15.6. The number of ether oxygens (including phenoxy) is 4. The molecule has 2 aliphatic carbocycles. The molecule has 2 N–H and O–H groups in total. The summed E-state index contributed by atoms with van der Waals surface area (Å²) in [5.74, 6) is -4.46. The molecule has 1 unspecified atom stereocenters. The average molecular weight is 1040 g/mol. The summed E-state index contributed by atoms with van der Waals surface area (Å²) in [6, 6.07) is 17.9. The minimum Gasteiger partial charge on any atom is -0.458 e. The van der Waals surface area contributed by atoms with Crippen molar-refractivity contribution in [1.29, 1.82) is 0 Å². The van der Waals surface area contributed by atoms with Crippen LogP contribution in [0.4, 0.5) is 9.18 Å². The quantitative estimate of drug-likeness (QED) is 0.0883. The maximum Gasteiger partial charge on any atom is 0.410 e. The van der Waals surface area contributed by atoms with Gasteiger partial charge in [-0.05, 0) is 91.2 Å². The van der Waals surface area contributed by atoms with Gasteiger partial charge < -0.3 is 39.4 Å². The molecule has 6 rings (SSSR count). The zero-order chi connectivity index (χ0) is 55.2. The first-order valence-electron chi connectivity index (χ1n) is 26.7. The number of amides is 5. The highest BCUT2D eigenvalue weighted by Gasteiger charge is 2.57. The van der Waals surface area contributed by atoms with Crippen LogP contribution in [0.25, 0.3) is 11.1 Å². The first-order valence-corrected chi connectivity index (χ1v) is 26.7. The average Bonchev–Trinajstić information content (AvgIpc) is 3.91. The highest BCUT2D eigenvalue weighted by atomic mass is 19.1. The van der Waals surface area contributed by atoms with Crippen LogP contribution in [0.15, 0.2) is 72.8 Å². The van der Waals surface area contributed by atoms with Crippen LogP contribution in [0, 0.1) is 35.4 Å². The van der Waals surface area contributed by atoms with Gasteiger partial charge in [-0.2, -0.15) is 0 Å². The number of carbonyl (C=O) groups excluding carboxylic acids is 6. The molecule has 3 aromatic carbocycles. The van der Waals surface area contributed by atoms with Gasteiger partial charge in [0.1, 0.15) is 36.2 Å². The highest BCUT2D eigenvalue weighted by Crippen LogP contribution is 2.50. The van der Waals surface area contributed by atoms with Crippen molar-refractivity contribution in [3.05, 3.63) is 95.3 Å². The van der Waals surface area contributed by atoms with E-state index in [-0.39, 0.29) is 72.5 Å². The number of nitrogens with zero attached hydrogens (tertiary/aromatic N) is 3. The number of likely N-dealkylation sites (N-methyl/N-ethyl adjacent to an activating group) is 2. The Morgan fingerprint density at radius 1 is 0.773 bits per heavy atom. The number of rotatable bonds is 23. The van der Waals surface area contributed by atoms with Gasteiger partial charge in [0, 0.05) is 46.7 Å². The minimum absolute atomic E-state index is 0.0640. The van der Waals surface area contributed by atoms with Crippen LogP contribution in [-0.2, 0) is 49.3 Å². The summed E-state index contributed by atoms with van der Waals surface area (Å²) >= 11 is 0. The maximum absolute atomic E-state index is 14.8. The first kappa shape index (κ1) is 58.4. The van der Waals surface area contributed by atoms with E-state index in [0.717, 1.165) is 28.7 Å². The van der Waals surface area contributed by atoms with Crippen LogP contribution in [0.2, 0.25) is 0 Å². The fourth-order valence-electron chi connectivity index (χ4n) is 11.5. The summed E-state index contributed by atoms with van der Waals surface area (Å²) in [5, 5.41) is 5.82. The molecule has 1 aliphatic heterocycles. The Bertz CT molecular complexity index is 2470. The first-order chi connectivity index (χ1) is 35.4. The predicted octanol–water partition coefficient (Wildman–Crippen LogP) is 8.16. The number of likely N-dealkylation sites (tertiary alicyclic amines) is 1. The second-order valence-corrected chi connectivity index (χ2v) is 22.7. The van der Waals surface area contributed by atoms with Crippen molar-refractivity contribution in [3.8, 4) is 11.1 Å². The van der Waals surface area contributed by atoms with E-state index < -0.39 is 83.6 Å². The molecule has 410 valence electrons. The van der Waals surface area contributed by atoms with Crippen molar-refractivity contribution in [2.75, 3.05) is 34.9 Å². The summed E-state index contributed by atoms with van der Waals surface area (Å²) in [6.07, 6.45) is -0.348. The van der Waals surface area contributed by atoms with Gasteiger partial charge in [0.15, 0.2) is 0 Å². The fourth-order valence-corrected chi connectivity index (χ4v) is 11.5. The lowest BCUT2D eigenvalue weighted by atomic mass is 9.89. The SMILES string of the molecule is CC[C@H](C)[C@@H]([C@@H](CC(=O)N1C2C[C@H]2C[C@H]1[C@H](OC)[C@@H](C)C(=O)N[C@@H](Cc1ccccc1F)C(=O)OC(C)(C)C)OC)N(C)C(=O)[C@@H](NC(=O)[C@H](C(C)C)N(C)C(=O)OCC1c2ccccc2-c2ccccc21)C(C)C. The normalized spacial score (nSPS) is 20.1. The van der Waals surface area contributed by atoms with E-state index in [2.05, 4.69) is 22.8 Å². The topological polar surface area (TPSA) is 173 Å². The van der Waals surface area contributed by atoms with Crippen LogP contribution in [0.1, 0.15) is 118 Å². The van der Waals surface area contributed by atoms with Crippen molar-refractivity contribution in [2.24, 2.45) is 29.6 Å². The molecule has 11 atom stereocenters. The molecule has 3 aromatic rings. The number of benzene rings is 3. The van der Waals surface area contributed by atoms with E-state index in [0.29, 0.717) is 12.8 Å². The van der Waals surface area contributed by atoms with Gasteiger partial charge in [-0.3, -0.25) is 24.1 Å². The second-order valence-electron chi connectivity index (χ2n) is 22.7. The number of nitrogens with one attached hydrogen (secondary N) is 2. The largest absolute Gasteiger partial charge is 0.458 e. The number of hydrogen-bond acceptors (Lipinski definition) is 10. The summed E-state index contributed by atoms with van der Waals surface area (Å²) in [4.78, 5) is 90.1. The number of halogens is 1. The van der Waals surface area contributed by atoms with E-state index in [4.69, 9.17) is 18.9 Å². The molecule has 5 amide bonds. The maximum atomic E-state index is 14.8. The molecule has 15 nitrogen and oxygen atoms in total. The van der Waals surface area contributed by atoms with Crippen molar-refractivity contribution in [3.63, 3.8) is 0 Å². The van der Waals surface area contributed by atoms with Gasteiger partial charge in [-0.1, -0.05) is 122 Å². The molecule has 2 fully saturated rings. The van der Waals surface area contributed by atoms with Crippen molar-refractivity contribution in [2.45, 2.75) is 161 Å². The molecule has 0 radical (unpaired) electrons. The highest BCUT2D eigenvalue weighted by molar-refractivity contribution is 5.92. The Balaban J connectivity index is 1.14. The molecule has 3 aliphatic rings. The van der Waals surface area contributed by atoms with Gasteiger partial charge in [0.05, 0.1) is 36.6 Å². The number of piperidine rings is 1. The molecule has 16 heteroatoms. The fraction of sp³-hybridized carbons (Fsp3) is 0.593. The van der Waals surface area contributed by atoms with Crippen molar-refractivity contribution in [1.82, 2.24) is 25.3 Å². The Morgan fingerprint density at radius 3 is 1.92 bits per heavy atom. The lowest BCUT2D eigenvalue weighted by Gasteiger charge is -2.41. The summed E-state index contributed by atoms with van der Waals surface area (Å²) in [7, 11) is 6.23. The number of esters is 1. The van der Waals surface area contributed by atoms with Crippen LogP contribution < -0.4 is 10.6 Å². The molecule has 0 bridgehead atoms. The van der Waals surface area contributed by atoms with Gasteiger partial charge >= 0.3 is 12.1 Å². The molecule has 1 saturated heterocycles. The van der Waals surface area contributed by atoms with Crippen molar-refractivity contribution < 1.29 is 52.1 Å². The molecule has 1 heterocycles. The number of methoxy groups -OCH3 is 2.